The molecule has 2 aliphatic rings. The number of aryl methyl sites for hydroxylation is 2. The molecule has 25 heavy (non-hydrogen) atoms. The minimum Gasteiger partial charge on any atom is -0.379 e. The van der Waals surface area contributed by atoms with Gasteiger partial charge in [0.25, 0.3) is 0 Å². The highest BCUT2D eigenvalue weighted by Gasteiger charge is 2.28. The van der Waals surface area contributed by atoms with Crippen molar-refractivity contribution in [3.63, 3.8) is 0 Å². The molecule has 1 amide bonds. The quantitative estimate of drug-likeness (QED) is 0.792. The van der Waals surface area contributed by atoms with Gasteiger partial charge in [0.2, 0.25) is 5.91 Å². The second-order valence-electron chi connectivity index (χ2n) is 6.89. The molecule has 2 aliphatic heterocycles. The van der Waals surface area contributed by atoms with Gasteiger partial charge in [0.15, 0.2) is 0 Å². The van der Waals surface area contributed by atoms with Crippen molar-refractivity contribution in [2.24, 2.45) is 0 Å². The smallest absolute Gasteiger partial charge is 0.223 e. The predicted octanol–water partition coefficient (Wildman–Crippen LogP) is 1.89. The highest BCUT2D eigenvalue weighted by Crippen LogP contribution is 2.20. The van der Waals surface area contributed by atoms with E-state index in [0.29, 0.717) is 18.9 Å². The first-order valence-electron chi connectivity index (χ1n) is 9.24. The number of thioether (sulfide) groups is 1. The zero-order valence-corrected chi connectivity index (χ0v) is 16.1. The number of aromatic nitrogens is 1. The molecule has 3 heterocycles. The van der Waals surface area contributed by atoms with Crippen LogP contribution in [0.3, 0.4) is 0 Å². The number of hydrogen-bond acceptors (Lipinski definition) is 6. The molecule has 7 heteroatoms. The highest BCUT2D eigenvalue weighted by molar-refractivity contribution is 7.99. The van der Waals surface area contributed by atoms with Gasteiger partial charge in [-0.25, -0.2) is 0 Å². The van der Waals surface area contributed by atoms with Gasteiger partial charge < -0.3 is 14.2 Å². The summed E-state index contributed by atoms with van der Waals surface area (Å²) in [6.45, 7) is 9.27. The summed E-state index contributed by atoms with van der Waals surface area (Å²) in [7, 11) is 0. The molecule has 0 saturated carbocycles. The van der Waals surface area contributed by atoms with Gasteiger partial charge in [-0.05, 0) is 32.4 Å². The van der Waals surface area contributed by atoms with Crippen LogP contribution in [-0.2, 0) is 16.0 Å². The summed E-state index contributed by atoms with van der Waals surface area (Å²) >= 11 is 1.98. The molecular weight excluding hydrogens is 338 g/mol. The first-order chi connectivity index (χ1) is 12.1. The predicted molar refractivity (Wildman–Crippen MR) is 99.0 cm³/mol. The van der Waals surface area contributed by atoms with Gasteiger partial charge in [0, 0.05) is 43.9 Å². The van der Waals surface area contributed by atoms with Crippen LogP contribution >= 0.6 is 11.8 Å². The molecule has 3 rings (SSSR count). The van der Waals surface area contributed by atoms with Gasteiger partial charge in [-0.15, -0.1) is 0 Å². The van der Waals surface area contributed by atoms with Crippen molar-refractivity contribution in [3.8, 4) is 0 Å². The maximum atomic E-state index is 12.9. The summed E-state index contributed by atoms with van der Waals surface area (Å²) in [6, 6.07) is 0.308. The van der Waals surface area contributed by atoms with Gasteiger partial charge in [-0.3, -0.25) is 9.69 Å². The molecule has 1 aromatic heterocycles. The molecular formula is C18H29N3O3S. The molecule has 0 bridgehead atoms. The number of amides is 1. The number of morpholine rings is 1. The lowest BCUT2D eigenvalue weighted by atomic mass is 10.1. The van der Waals surface area contributed by atoms with E-state index in [4.69, 9.17) is 9.26 Å². The summed E-state index contributed by atoms with van der Waals surface area (Å²) in [4.78, 5) is 17.5. The topological polar surface area (TPSA) is 58.8 Å². The van der Waals surface area contributed by atoms with Crippen molar-refractivity contribution >= 4 is 17.7 Å². The monoisotopic (exact) mass is 367 g/mol. The van der Waals surface area contributed by atoms with Gasteiger partial charge in [0.05, 0.1) is 24.9 Å². The first-order valence-corrected chi connectivity index (χ1v) is 10.4. The lowest BCUT2D eigenvalue weighted by molar-refractivity contribution is -0.133. The van der Waals surface area contributed by atoms with E-state index in [2.05, 4.69) is 15.0 Å². The van der Waals surface area contributed by atoms with Crippen molar-refractivity contribution in [1.82, 2.24) is 15.0 Å². The van der Waals surface area contributed by atoms with E-state index in [0.717, 1.165) is 74.3 Å². The Kier molecular flexibility index (Phi) is 6.78. The van der Waals surface area contributed by atoms with E-state index in [1.807, 2.05) is 25.6 Å². The third-order valence-electron chi connectivity index (χ3n) is 5.10. The van der Waals surface area contributed by atoms with Crippen LogP contribution in [0.15, 0.2) is 4.52 Å². The summed E-state index contributed by atoms with van der Waals surface area (Å²) in [5, 5.41) is 3.99. The van der Waals surface area contributed by atoms with Gasteiger partial charge in [-0.2, -0.15) is 11.8 Å². The van der Waals surface area contributed by atoms with Crippen molar-refractivity contribution in [1.29, 1.82) is 0 Å². The Labute approximate surface area is 154 Å². The SMILES string of the molecule is Cc1noc(C)c1CCC(=O)N1CCCSCC1CN1CCOCC1. The van der Waals surface area contributed by atoms with Gasteiger partial charge in [-0.1, -0.05) is 5.16 Å². The van der Waals surface area contributed by atoms with Crippen LogP contribution in [0.5, 0.6) is 0 Å². The Balaban J connectivity index is 1.60. The summed E-state index contributed by atoms with van der Waals surface area (Å²) in [6.07, 6.45) is 2.34. The number of nitrogens with zero attached hydrogens (tertiary/aromatic N) is 3. The first kappa shape index (κ1) is 18.7. The summed E-state index contributed by atoms with van der Waals surface area (Å²) in [5.41, 5.74) is 1.99. The van der Waals surface area contributed by atoms with Crippen molar-refractivity contribution in [2.45, 2.75) is 39.2 Å². The number of hydrogen-bond donors (Lipinski definition) is 0. The zero-order valence-electron chi connectivity index (χ0n) is 15.3. The van der Waals surface area contributed by atoms with Crippen molar-refractivity contribution in [3.05, 3.63) is 17.0 Å². The lowest BCUT2D eigenvalue weighted by Gasteiger charge is -2.35. The molecule has 0 aromatic carbocycles. The van der Waals surface area contributed by atoms with E-state index >= 15 is 0 Å². The van der Waals surface area contributed by atoms with E-state index in [1.54, 1.807) is 0 Å². The summed E-state index contributed by atoms with van der Waals surface area (Å²) in [5.74, 6) is 3.28. The Morgan fingerprint density at radius 3 is 2.80 bits per heavy atom. The molecule has 0 radical (unpaired) electrons. The molecule has 2 saturated heterocycles. The standard InChI is InChI=1S/C18H29N3O3S/c1-14-17(15(2)24-19-14)4-5-18(22)21-6-3-11-25-13-16(21)12-20-7-9-23-10-8-20/h16H,3-13H2,1-2H3. The van der Waals surface area contributed by atoms with Crippen LogP contribution in [0.1, 0.15) is 29.9 Å². The molecule has 0 spiro atoms. The molecule has 2 fully saturated rings. The number of carbonyl (C=O) groups is 1. The molecule has 0 aliphatic carbocycles. The van der Waals surface area contributed by atoms with E-state index < -0.39 is 0 Å². The van der Waals surface area contributed by atoms with Crippen LogP contribution in [0.2, 0.25) is 0 Å². The largest absolute Gasteiger partial charge is 0.379 e. The average molecular weight is 368 g/mol. The average Bonchev–Trinajstić information content (AvgIpc) is 2.81. The second kappa shape index (κ2) is 9.05. The Morgan fingerprint density at radius 2 is 2.08 bits per heavy atom. The van der Waals surface area contributed by atoms with E-state index in [1.165, 1.54) is 0 Å². The van der Waals surface area contributed by atoms with Crippen LogP contribution in [-0.4, -0.2) is 77.8 Å². The molecule has 0 N–H and O–H groups in total. The van der Waals surface area contributed by atoms with Crippen molar-refractivity contribution < 1.29 is 14.1 Å². The Hall–Kier alpha value is -1.05. The zero-order chi connectivity index (χ0) is 17.6. The minimum absolute atomic E-state index is 0.265. The fourth-order valence-electron chi connectivity index (χ4n) is 3.62. The number of carbonyl (C=O) groups excluding carboxylic acids is 1. The van der Waals surface area contributed by atoms with E-state index in [-0.39, 0.29) is 5.91 Å². The fourth-order valence-corrected chi connectivity index (χ4v) is 4.68. The maximum absolute atomic E-state index is 12.9. The normalized spacial score (nSPS) is 22.8. The van der Waals surface area contributed by atoms with Gasteiger partial charge in [0.1, 0.15) is 5.76 Å². The maximum Gasteiger partial charge on any atom is 0.223 e. The van der Waals surface area contributed by atoms with Crippen LogP contribution in [0, 0.1) is 13.8 Å². The molecule has 1 atom stereocenters. The third kappa shape index (κ3) is 4.99. The van der Waals surface area contributed by atoms with Crippen LogP contribution in [0.4, 0.5) is 0 Å². The van der Waals surface area contributed by atoms with E-state index in [9.17, 15) is 4.79 Å². The minimum atomic E-state index is 0.265. The Morgan fingerprint density at radius 1 is 1.28 bits per heavy atom. The molecule has 140 valence electrons. The molecule has 6 nitrogen and oxygen atoms in total. The number of ether oxygens (including phenoxy) is 1. The van der Waals surface area contributed by atoms with Crippen molar-refractivity contribution in [2.75, 3.05) is 50.9 Å². The third-order valence-corrected chi connectivity index (χ3v) is 6.30. The fraction of sp³-hybridized carbons (Fsp3) is 0.778. The van der Waals surface area contributed by atoms with Crippen LogP contribution in [0.25, 0.3) is 0 Å². The second-order valence-corrected chi connectivity index (χ2v) is 8.03. The molecule has 1 unspecified atom stereocenters. The summed E-state index contributed by atoms with van der Waals surface area (Å²) < 4.78 is 10.7. The molecule has 1 aromatic rings. The highest BCUT2D eigenvalue weighted by atomic mass is 32.2. The van der Waals surface area contributed by atoms with Crippen LogP contribution < -0.4 is 0 Å². The van der Waals surface area contributed by atoms with Gasteiger partial charge >= 0.3 is 0 Å². The Bertz CT molecular complexity index is 552. The lowest BCUT2D eigenvalue weighted by Crippen LogP contribution is -2.50. The number of rotatable bonds is 5.